The second kappa shape index (κ2) is 5.33. The lowest BCUT2D eigenvalue weighted by molar-refractivity contribution is -0.136. The van der Waals surface area contributed by atoms with Crippen molar-refractivity contribution in [2.75, 3.05) is 17.2 Å². The quantitative estimate of drug-likeness (QED) is 0.847. The van der Waals surface area contributed by atoms with Gasteiger partial charge in [0.1, 0.15) is 0 Å². The summed E-state index contributed by atoms with van der Waals surface area (Å²) in [7, 11) is -3.02. The van der Waals surface area contributed by atoms with Gasteiger partial charge < -0.3 is 10.6 Å². The smallest absolute Gasteiger partial charge is 0.227 e. The van der Waals surface area contributed by atoms with E-state index in [1.807, 2.05) is 29.2 Å². The fourth-order valence-corrected chi connectivity index (χ4v) is 4.55. The molecule has 1 aliphatic carbocycles. The third-order valence-electron chi connectivity index (χ3n) is 4.19. The minimum absolute atomic E-state index is 0.00426. The zero-order chi connectivity index (χ0) is 15.0. The molecule has 1 amide bonds. The van der Waals surface area contributed by atoms with Crippen LogP contribution < -0.4 is 5.73 Å². The van der Waals surface area contributed by atoms with Gasteiger partial charge in [0.15, 0.2) is 9.84 Å². The number of benzene rings is 1. The Morgan fingerprint density at radius 2 is 1.86 bits per heavy atom. The Morgan fingerprint density at radius 1 is 1.19 bits per heavy atom. The average molecular weight is 308 g/mol. The van der Waals surface area contributed by atoms with E-state index >= 15 is 0 Å². The van der Waals surface area contributed by atoms with Crippen LogP contribution in [0.4, 0.5) is 5.69 Å². The predicted molar refractivity (Wildman–Crippen MR) is 81.2 cm³/mol. The molecule has 2 N–H and O–H groups in total. The number of hydrogen-bond acceptors (Lipinski definition) is 4. The van der Waals surface area contributed by atoms with Crippen molar-refractivity contribution in [2.24, 2.45) is 5.92 Å². The van der Waals surface area contributed by atoms with E-state index in [0.717, 1.165) is 18.4 Å². The van der Waals surface area contributed by atoms with Crippen LogP contribution in [0.5, 0.6) is 0 Å². The molecule has 114 valence electrons. The molecule has 2 fully saturated rings. The summed E-state index contributed by atoms with van der Waals surface area (Å²) in [6, 6.07) is 7.76. The molecule has 1 aromatic carbocycles. The number of anilines is 1. The molecule has 1 saturated heterocycles. The molecule has 0 bridgehead atoms. The maximum absolute atomic E-state index is 12.6. The Labute approximate surface area is 125 Å². The summed E-state index contributed by atoms with van der Waals surface area (Å²) >= 11 is 0. The summed E-state index contributed by atoms with van der Waals surface area (Å²) in [6.45, 7) is 0.542. The number of amides is 1. The molecule has 0 aromatic heterocycles. The van der Waals surface area contributed by atoms with Gasteiger partial charge in [-0.05, 0) is 37.0 Å². The lowest BCUT2D eigenvalue weighted by atomic mass is 10.1. The van der Waals surface area contributed by atoms with Gasteiger partial charge in [0.2, 0.25) is 5.91 Å². The fraction of sp³-hybridized carbons (Fsp3) is 0.533. The molecule has 5 nitrogen and oxygen atoms in total. The Bertz CT molecular complexity index is 635. The zero-order valence-electron chi connectivity index (χ0n) is 11.9. The molecular formula is C15H20N2O3S. The highest BCUT2D eigenvalue weighted by atomic mass is 32.2. The molecule has 1 saturated carbocycles. The minimum Gasteiger partial charge on any atom is -0.399 e. The Morgan fingerprint density at radius 3 is 2.38 bits per heavy atom. The largest absolute Gasteiger partial charge is 0.399 e. The Hall–Kier alpha value is -1.56. The molecule has 0 spiro atoms. The van der Waals surface area contributed by atoms with Crippen LogP contribution in [0.3, 0.4) is 0 Å². The van der Waals surface area contributed by atoms with E-state index in [1.165, 1.54) is 0 Å². The summed E-state index contributed by atoms with van der Waals surface area (Å²) in [5, 5.41) is 0. The first-order valence-corrected chi connectivity index (χ1v) is 9.12. The number of nitrogens with zero attached hydrogens (tertiary/aromatic N) is 1. The van der Waals surface area contributed by atoms with E-state index in [0.29, 0.717) is 18.7 Å². The highest BCUT2D eigenvalue weighted by Gasteiger charge is 2.40. The first kappa shape index (κ1) is 14.4. The summed E-state index contributed by atoms with van der Waals surface area (Å²) in [4.78, 5) is 14.5. The van der Waals surface area contributed by atoms with E-state index in [2.05, 4.69) is 0 Å². The molecule has 1 aromatic rings. The predicted octanol–water partition coefficient (Wildman–Crippen LogP) is 1.19. The normalized spacial score (nSPS) is 23.9. The van der Waals surface area contributed by atoms with Crippen molar-refractivity contribution >= 4 is 21.4 Å². The van der Waals surface area contributed by atoms with Gasteiger partial charge in [0.05, 0.1) is 17.4 Å². The first-order valence-electron chi connectivity index (χ1n) is 7.30. The molecule has 0 radical (unpaired) electrons. The lowest BCUT2D eigenvalue weighted by Gasteiger charge is -2.25. The summed E-state index contributed by atoms with van der Waals surface area (Å²) < 4.78 is 23.1. The van der Waals surface area contributed by atoms with Crippen LogP contribution in [-0.4, -0.2) is 36.8 Å². The lowest BCUT2D eigenvalue weighted by Crippen LogP contribution is -2.37. The molecule has 1 unspecified atom stereocenters. The van der Waals surface area contributed by atoms with Crippen LogP contribution in [-0.2, 0) is 21.2 Å². The molecule has 1 aliphatic heterocycles. The highest BCUT2D eigenvalue weighted by molar-refractivity contribution is 7.91. The van der Waals surface area contributed by atoms with Crippen molar-refractivity contribution in [3.05, 3.63) is 29.8 Å². The van der Waals surface area contributed by atoms with E-state index < -0.39 is 9.84 Å². The van der Waals surface area contributed by atoms with Crippen LogP contribution in [0.1, 0.15) is 24.8 Å². The molecule has 6 heteroatoms. The van der Waals surface area contributed by atoms with E-state index in [9.17, 15) is 13.2 Å². The number of carbonyl (C=O) groups excluding carboxylic acids is 1. The average Bonchev–Trinajstić information content (AvgIpc) is 3.21. The van der Waals surface area contributed by atoms with Crippen LogP contribution in [0.25, 0.3) is 0 Å². The van der Waals surface area contributed by atoms with E-state index in [1.54, 1.807) is 0 Å². The first-order chi connectivity index (χ1) is 9.94. The van der Waals surface area contributed by atoms with Gasteiger partial charge >= 0.3 is 0 Å². The zero-order valence-corrected chi connectivity index (χ0v) is 12.7. The fourth-order valence-electron chi connectivity index (χ4n) is 2.82. The monoisotopic (exact) mass is 308 g/mol. The van der Waals surface area contributed by atoms with Crippen molar-refractivity contribution < 1.29 is 13.2 Å². The molecule has 21 heavy (non-hydrogen) atoms. The van der Waals surface area contributed by atoms with E-state index in [-0.39, 0.29) is 29.4 Å². The summed E-state index contributed by atoms with van der Waals surface area (Å²) in [5.74, 6) is -0.208. The molecule has 2 aliphatic rings. The van der Waals surface area contributed by atoms with Crippen molar-refractivity contribution in [1.82, 2.24) is 4.90 Å². The van der Waals surface area contributed by atoms with Gasteiger partial charge in [-0.2, -0.15) is 0 Å². The third kappa shape index (κ3) is 3.37. The van der Waals surface area contributed by atoms with Gasteiger partial charge in [-0.3, -0.25) is 4.79 Å². The number of rotatable bonds is 4. The van der Waals surface area contributed by atoms with Crippen molar-refractivity contribution in [2.45, 2.75) is 31.8 Å². The Balaban J connectivity index is 1.72. The second-order valence-electron chi connectivity index (χ2n) is 6.04. The van der Waals surface area contributed by atoms with Crippen LogP contribution in [0, 0.1) is 5.92 Å². The van der Waals surface area contributed by atoms with Crippen LogP contribution >= 0.6 is 0 Å². The third-order valence-corrected chi connectivity index (χ3v) is 5.95. The topological polar surface area (TPSA) is 80.5 Å². The number of nitrogens with two attached hydrogens (primary N) is 1. The standard InChI is InChI=1S/C15H20N2O3S/c16-13-3-1-11(2-4-13)9-17(14-5-6-14)15(18)12-7-8-21(19,20)10-12/h1-4,12,14H,5-10,16H2. The minimum atomic E-state index is -3.02. The summed E-state index contributed by atoms with van der Waals surface area (Å²) in [6.07, 6.45) is 2.49. The van der Waals surface area contributed by atoms with Gasteiger partial charge in [-0.25, -0.2) is 8.42 Å². The molecule has 1 heterocycles. The van der Waals surface area contributed by atoms with Gasteiger partial charge in [0.25, 0.3) is 0 Å². The number of carbonyl (C=O) groups is 1. The number of sulfone groups is 1. The maximum Gasteiger partial charge on any atom is 0.227 e. The van der Waals surface area contributed by atoms with Gasteiger partial charge in [-0.1, -0.05) is 12.1 Å². The second-order valence-corrected chi connectivity index (χ2v) is 8.27. The Kier molecular flexibility index (Phi) is 3.65. The summed E-state index contributed by atoms with van der Waals surface area (Å²) in [5.41, 5.74) is 7.40. The molecular weight excluding hydrogens is 288 g/mol. The number of hydrogen-bond donors (Lipinski definition) is 1. The van der Waals surface area contributed by atoms with Gasteiger partial charge in [-0.15, -0.1) is 0 Å². The number of nitrogen functional groups attached to an aromatic ring is 1. The van der Waals surface area contributed by atoms with Crippen molar-refractivity contribution in [3.8, 4) is 0 Å². The van der Waals surface area contributed by atoms with Crippen LogP contribution in [0.2, 0.25) is 0 Å². The molecule has 3 rings (SSSR count). The molecule has 1 atom stereocenters. The maximum atomic E-state index is 12.6. The SMILES string of the molecule is Nc1ccc(CN(C(=O)C2CCS(=O)(=O)C2)C2CC2)cc1. The van der Waals surface area contributed by atoms with Gasteiger partial charge in [0, 0.05) is 18.3 Å². The van der Waals surface area contributed by atoms with E-state index in [4.69, 9.17) is 5.73 Å². The van der Waals surface area contributed by atoms with Crippen molar-refractivity contribution in [1.29, 1.82) is 0 Å². The van der Waals surface area contributed by atoms with Crippen molar-refractivity contribution in [3.63, 3.8) is 0 Å². The van der Waals surface area contributed by atoms with Crippen LogP contribution in [0.15, 0.2) is 24.3 Å². The highest BCUT2D eigenvalue weighted by Crippen LogP contribution is 2.32.